The van der Waals surface area contributed by atoms with Gasteiger partial charge in [0.15, 0.2) is 0 Å². The van der Waals surface area contributed by atoms with Crippen LogP contribution in [0.25, 0.3) is 0 Å². The lowest BCUT2D eigenvalue weighted by Crippen LogP contribution is -2.58. The molecule has 4 fully saturated rings. The van der Waals surface area contributed by atoms with E-state index in [1.165, 1.54) is 64.2 Å². The minimum absolute atomic E-state index is 0.492. The van der Waals surface area contributed by atoms with Crippen molar-refractivity contribution in [3.63, 3.8) is 0 Å². The van der Waals surface area contributed by atoms with Gasteiger partial charge in [-0.1, -0.05) is 46.3 Å². The number of hydrogen-bond acceptors (Lipinski definition) is 0. The van der Waals surface area contributed by atoms with Gasteiger partial charge in [0.25, 0.3) is 0 Å². The predicted octanol–water partition coefficient (Wildman–Crippen LogP) is 7.00. The summed E-state index contributed by atoms with van der Waals surface area (Å²) in [6.45, 7) is 14.8. The van der Waals surface area contributed by atoms with Crippen molar-refractivity contribution in [2.45, 2.75) is 91.9 Å². The Morgan fingerprint density at radius 1 is 1.00 bits per heavy atom. The van der Waals surface area contributed by atoms with E-state index in [9.17, 15) is 0 Å². The Kier molecular flexibility index (Phi) is 3.61. The molecule has 0 aromatic rings. The SMILES string of the molecule is C=C1CCC2C3CCC4(C)CC(C)CCC4(CC)C3CCC12C. The van der Waals surface area contributed by atoms with Gasteiger partial charge < -0.3 is 0 Å². The second kappa shape index (κ2) is 5.12. The minimum Gasteiger partial charge on any atom is -0.0993 e. The molecule has 0 amide bonds. The van der Waals surface area contributed by atoms with Crippen LogP contribution in [-0.2, 0) is 0 Å². The van der Waals surface area contributed by atoms with Crippen molar-refractivity contribution in [1.29, 1.82) is 0 Å². The maximum atomic E-state index is 4.49. The Balaban J connectivity index is 1.71. The van der Waals surface area contributed by atoms with Gasteiger partial charge in [-0.25, -0.2) is 0 Å². The molecule has 4 rings (SSSR count). The van der Waals surface area contributed by atoms with Crippen molar-refractivity contribution in [2.75, 3.05) is 0 Å². The van der Waals surface area contributed by atoms with Crippen LogP contribution in [0.15, 0.2) is 12.2 Å². The number of rotatable bonds is 1. The van der Waals surface area contributed by atoms with Crippen LogP contribution in [0.3, 0.4) is 0 Å². The highest BCUT2D eigenvalue weighted by molar-refractivity contribution is 5.22. The molecule has 0 radical (unpaired) electrons. The van der Waals surface area contributed by atoms with Crippen molar-refractivity contribution in [2.24, 2.45) is 39.9 Å². The first kappa shape index (κ1) is 16.2. The second-order valence-electron chi connectivity index (χ2n) is 10.4. The van der Waals surface area contributed by atoms with E-state index in [4.69, 9.17) is 0 Å². The van der Waals surface area contributed by atoms with Crippen LogP contribution in [0.1, 0.15) is 91.9 Å². The lowest BCUT2D eigenvalue weighted by molar-refractivity contribution is -0.164. The molecule has 0 saturated heterocycles. The number of allylic oxidation sites excluding steroid dienone is 1. The summed E-state index contributed by atoms with van der Waals surface area (Å²) >= 11 is 0. The molecule has 0 aromatic heterocycles. The molecule has 7 atom stereocenters. The molecule has 0 spiro atoms. The average molecular weight is 315 g/mol. The van der Waals surface area contributed by atoms with Gasteiger partial charge in [-0.15, -0.1) is 0 Å². The van der Waals surface area contributed by atoms with E-state index >= 15 is 0 Å². The summed E-state index contributed by atoms with van der Waals surface area (Å²) in [5.74, 6) is 3.94. The van der Waals surface area contributed by atoms with E-state index in [0.29, 0.717) is 16.2 Å². The number of hydrogen-bond donors (Lipinski definition) is 0. The zero-order chi connectivity index (χ0) is 16.5. The van der Waals surface area contributed by atoms with Crippen LogP contribution < -0.4 is 0 Å². The average Bonchev–Trinajstić information content (AvgIpc) is 2.82. The summed E-state index contributed by atoms with van der Waals surface area (Å²) in [5.41, 5.74) is 3.38. The molecule has 0 N–H and O–H groups in total. The summed E-state index contributed by atoms with van der Waals surface area (Å²) < 4.78 is 0. The molecular formula is C23H38. The molecule has 4 saturated carbocycles. The molecule has 130 valence electrons. The molecule has 23 heavy (non-hydrogen) atoms. The molecule has 0 aliphatic heterocycles. The van der Waals surface area contributed by atoms with Gasteiger partial charge >= 0.3 is 0 Å². The van der Waals surface area contributed by atoms with E-state index in [1.54, 1.807) is 5.57 Å². The standard InChI is InChI=1S/C23H38/c1-6-23-14-9-16(2)15-21(23,4)12-10-18-19-8-7-17(3)22(19,5)13-11-20(18)23/h16,18-20H,3,6-15H2,1-2,4-5H3. The fourth-order valence-corrected chi connectivity index (χ4v) is 8.50. The molecule has 0 aromatic carbocycles. The van der Waals surface area contributed by atoms with E-state index in [1.807, 2.05) is 0 Å². The highest BCUT2D eigenvalue weighted by Crippen LogP contribution is 2.71. The lowest BCUT2D eigenvalue weighted by Gasteiger charge is -2.66. The van der Waals surface area contributed by atoms with Crippen molar-refractivity contribution in [3.05, 3.63) is 12.2 Å². The molecular weight excluding hydrogens is 276 g/mol. The van der Waals surface area contributed by atoms with E-state index < -0.39 is 0 Å². The first-order valence-corrected chi connectivity index (χ1v) is 10.5. The highest BCUT2D eigenvalue weighted by atomic mass is 14.7. The Labute approximate surface area is 144 Å². The first-order valence-electron chi connectivity index (χ1n) is 10.5. The third kappa shape index (κ3) is 1.96. The van der Waals surface area contributed by atoms with Crippen LogP contribution in [0.5, 0.6) is 0 Å². The van der Waals surface area contributed by atoms with Crippen LogP contribution in [0.2, 0.25) is 0 Å². The van der Waals surface area contributed by atoms with Crippen LogP contribution in [-0.4, -0.2) is 0 Å². The first-order chi connectivity index (χ1) is 10.9. The molecule has 0 bridgehead atoms. The van der Waals surface area contributed by atoms with E-state index in [-0.39, 0.29) is 0 Å². The van der Waals surface area contributed by atoms with Crippen molar-refractivity contribution in [3.8, 4) is 0 Å². The van der Waals surface area contributed by atoms with Gasteiger partial charge in [0, 0.05) is 0 Å². The Bertz CT molecular complexity index is 504. The molecule has 4 aliphatic rings. The van der Waals surface area contributed by atoms with Crippen LogP contribution >= 0.6 is 0 Å². The van der Waals surface area contributed by atoms with Gasteiger partial charge in [-0.3, -0.25) is 0 Å². The quantitative estimate of drug-likeness (QED) is 0.457. The topological polar surface area (TPSA) is 0 Å². The summed E-state index contributed by atoms with van der Waals surface area (Å²) in [4.78, 5) is 0. The van der Waals surface area contributed by atoms with Crippen molar-refractivity contribution in [1.82, 2.24) is 0 Å². The molecule has 0 nitrogen and oxygen atoms in total. The van der Waals surface area contributed by atoms with Gasteiger partial charge in [-0.2, -0.15) is 0 Å². The summed E-state index contributed by atoms with van der Waals surface area (Å²) in [6.07, 6.45) is 14.7. The zero-order valence-corrected chi connectivity index (χ0v) is 16.1. The van der Waals surface area contributed by atoms with Gasteiger partial charge in [0.2, 0.25) is 0 Å². The van der Waals surface area contributed by atoms with Gasteiger partial charge in [0.05, 0.1) is 0 Å². The fraction of sp³-hybridized carbons (Fsp3) is 0.913. The Hall–Kier alpha value is -0.260. The predicted molar refractivity (Wildman–Crippen MR) is 99.3 cm³/mol. The van der Waals surface area contributed by atoms with Gasteiger partial charge in [-0.05, 0) is 97.7 Å². The molecule has 7 unspecified atom stereocenters. The largest absolute Gasteiger partial charge is 0.0993 e. The second-order valence-corrected chi connectivity index (χ2v) is 10.4. The summed E-state index contributed by atoms with van der Waals surface area (Å²) in [6, 6.07) is 0. The van der Waals surface area contributed by atoms with E-state index in [2.05, 4.69) is 34.3 Å². The lowest BCUT2D eigenvalue weighted by atomic mass is 9.39. The molecule has 0 heterocycles. The van der Waals surface area contributed by atoms with Crippen molar-refractivity contribution < 1.29 is 0 Å². The normalized spacial score (nSPS) is 55.9. The Morgan fingerprint density at radius 3 is 2.52 bits per heavy atom. The van der Waals surface area contributed by atoms with Gasteiger partial charge in [0.1, 0.15) is 0 Å². The number of fused-ring (bicyclic) bond motifs is 5. The minimum atomic E-state index is 0.492. The smallest absolute Gasteiger partial charge is 0.00879 e. The summed E-state index contributed by atoms with van der Waals surface area (Å²) in [5, 5.41) is 0. The maximum Gasteiger partial charge on any atom is -0.00879 e. The third-order valence-corrected chi connectivity index (χ3v) is 9.85. The maximum absolute atomic E-state index is 4.49. The third-order valence-electron chi connectivity index (χ3n) is 9.85. The zero-order valence-electron chi connectivity index (χ0n) is 16.1. The van der Waals surface area contributed by atoms with Crippen LogP contribution in [0.4, 0.5) is 0 Å². The Morgan fingerprint density at radius 2 is 1.78 bits per heavy atom. The summed E-state index contributed by atoms with van der Waals surface area (Å²) in [7, 11) is 0. The molecule has 4 aliphatic carbocycles. The fourth-order valence-electron chi connectivity index (χ4n) is 8.50. The van der Waals surface area contributed by atoms with Crippen LogP contribution in [0, 0.1) is 39.9 Å². The monoisotopic (exact) mass is 314 g/mol. The molecule has 0 heteroatoms. The van der Waals surface area contributed by atoms with E-state index in [0.717, 1.165) is 23.7 Å². The van der Waals surface area contributed by atoms with Crippen molar-refractivity contribution >= 4 is 0 Å². The highest BCUT2D eigenvalue weighted by Gasteiger charge is 2.63.